The third-order valence-corrected chi connectivity index (χ3v) is 5.36. The van der Waals surface area contributed by atoms with Crippen LogP contribution in [0.2, 0.25) is 4.34 Å². The van der Waals surface area contributed by atoms with Crippen LogP contribution in [0.4, 0.5) is 0 Å². The van der Waals surface area contributed by atoms with E-state index in [4.69, 9.17) is 11.6 Å². The molecule has 2 unspecified atom stereocenters. The monoisotopic (exact) mass is 301 g/mol. The van der Waals surface area contributed by atoms with Gasteiger partial charge in [-0.25, -0.2) is 0 Å². The number of rotatable bonds is 5. The molecule has 0 bridgehead atoms. The Morgan fingerprint density at radius 1 is 1.44 bits per heavy atom. The predicted molar refractivity (Wildman–Crippen MR) is 79.6 cm³/mol. The van der Waals surface area contributed by atoms with Crippen molar-refractivity contribution < 1.29 is 5.11 Å². The summed E-state index contributed by atoms with van der Waals surface area (Å²) < 4.78 is 0.795. The number of halogens is 1. The normalized spacial score (nSPS) is 16.4. The van der Waals surface area contributed by atoms with Gasteiger partial charge in [0, 0.05) is 22.3 Å². The molecule has 0 aromatic carbocycles. The van der Waals surface area contributed by atoms with Crippen LogP contribution in [0.15, 0.2) is 29.6 Å². The second-order valence-electron chi connectivity index (χ2n) is 4.50. The maximum Gasteiger partial charge on any atom is 0.108 e. The average molecular weight is 302 g/mol. The van der Waals surface area contributed by atoms with E-state index in [2.05, 4.69) is 12.2 Å². The van der Waals surface area contributed by atoms with E-state index in [0.717, 1.165) is 9.21 Å². The van der Waals surface area contributed by atoms with Crippen molar-refractivity contribution in [2.75, 3.05) is 6.54 Å². The molecule has 2 N–H and O–H groups in total. The summed E-state index contributed by atoms with van der Waals surface area (Å²) in [6, 6.07) is 8.02. The van der Waals surface area contributed by atoms with Crippen LogP contribution < -0.4 is 5.32 Å². The van der Waals surface area contributed by atoms with E-state index in [1.807, 2.05) is 36.6 Å². The van der Waals surface area contributed by atoms with Gasteiger partial charge in [-0.2, -0.15) is 0 Å². The summed E-state index contributed by atoms with van der Waals surface area (Å²) >= 11 is 9.06. The molecule has 98 valence electrons. The first-order valence-electron chi connectivity index (χ1n) is 5.74. The average Bonchev–Trinajstić information content (AvgIpc) is 2.96. The first kappa shape index (κ1) is 14.0. The Morgan fingerprint density at radius 3 is 2.78 bits per heavy atom. The minimum absolute atomic E-state index is 0.189. The van der Waals surface area contributed by atoms with Crippen molar-refractivity contribution in [1.29, 1.82) is 0 Å². The minimum atomic E-state index is -0.830. The van der Waals surface area contributed by atoms with Crippen molar-refractivity contribution in [1.82, 2.24) is 5.32 Å². The van der Waals surface area contributed by atoms with Gasteiger partial charge in [0.25, 0.3) is 0 Å². The van der Waals surface area contributed by atoms with E-state index in [0.29, 0.717) is 6.54 Å². The molecule has 2 aromatic rings. The second-order valence-corrected chi connectivity index (χ2v) is 7.19. The summed E-state index contributed by atoms with van der Waals surface area (Å²) in [7, 11) is 0. The van der Waals surface area contributed by atoms with Gasteiger partial charge in [-0.05, 0) is 37.4 Å². The van der Waals surface area contributed by atoms with Crippen molar-refractivity contribution >= 4 is 34.3 Å². The van der Waals surface area contributed by atoms with Crippen molar-refractivity contribution in [3.05, 3.63) is 43.7 Å². The zero-order chi connectivity index (χ0) is 13.2. The summed E-state index contributed by atoms with van der Waals surface area (Å²) in [4.78, 5) is 2.16. The summed E-state index contributed by atoms with van der Waals surface area (Å²) in [5.74, 6) is 0. The highest BCUT2D eigenvalue weighted by Crippen LogP contribution is 2.28. The molecule has 0 spiro atoms. The van der Waals surface area contributed by atoms with Crippen LogP contribution in [0, 0.1) is 0 Å². The molecule has 2 atom stereocenters. The van der Waals surface area contributed by atoms with Gasteiger partial charge >= 0.3 is 0 Å². The van der Waals surface area contributed by atoms with E-state index in [-0.39, 0.29) is 6.04 Å². The maximum absolute atomic E-state index is 10.4. The highest BCUT2D eigenvalue weighted by atomic mass is 35.5. The Hall–Kier alpha value is -0.390. The predicted octanol–water partition coefficient (Wildman–Crippen LogP) is 4.02. The third kappa shape index (κ3) is 3.33. The standard InChI is InChI=1S/C13H16ClNOS2/c1-9(10-5-6-12(14)18-10)15-8-13(2,16)11-4-3-7-17-11/h3-7,9,15-16H,8H2,1-2H3. The number of nitrogens with one attached hydrogen (secondary N) is 1. The van der Waals surface area contributed by atoms with Crippen molar-refractivity contribution in [2.24, 2.45) is 0 Å². The van der Waals surface area contributed by atoms with Gasteiger partial charge in [-0.15, -0.1) is 22.7 Å². The molecule has 0 aliphatic heterocycles. The molecular weight excluding hydrogens is 286 g/mol. The van der Waals surface area contributed by atoms with Gasteiger partial charge in [0.1, 0.15) is 5.60 Å². The fourth-order valence-electron chi connectivity index (χ4n) is 1.69. The van der Waals surface area contributed by atoms with E-state index >= 15 is 0 Å². The van der Waals surface area contributed by atoms with Gasteiger partial charge in [0.05, 0.1) is 4.34 Å². The Morgan fingerprint density at radius 2 is 2.22 bits per heavy atom. The lowest BCUT2D eigenvalue weighted by Crippen LogP contribution is -2.35. The zero-order valence-corrected chi connectivity index (χ0v) is 12.7. The van der Waals surface area contributed by atoms with Gasteiger partial charge in [0.2, 0.25) is 0 Å². The number of hydrogen-bond donors (Lipinski definition) is 2. The molecule has 18 heavy (non-hydrogen) atoms. The third-order valence-electron chi connectivity index (χ3n) is 2.83. The van der Waals surface area contributed by atoms with E-state index < -0.39 is 5.60 Å². The zero-order valence-electron chi connectivity index (χ0n) is 10.3. The molecular formula is C13H16ClNOS2. The van der Waals surface area contributed by atoms with E-state index in [9.17, 15) is 5.11 Å². The van der Waals surface area contributed by atoms with E-state index in [1.165, 1.54) is 4.88 Å². The molecule has 0 radical (unpaired) electrons. The fourth-order valence-corrected chi connectivity index (χ4v) is 3.56. The van der Waals surface area contributed by atoms with Crippen LogP contribution >= 0.6 is 34.3 Å². The largest absolute Gasteiger partial charge is 0.383 e. The SMILES string of the molecule is CC(NCC(C)(O)c1cccs1)c1ccc(Cl)s1. The van der Waals surface area contributed by atoms with Crippen LogP contribution in [-0.2, 0) is 5.60 Å². The summed E-state index contributed by atoms with van der Waals surface area (Å²) in [6.07, 6.45) is 0. The Balaban J connectivity index is 1.95. The fraction of sp³-hybridized carbons (Fsp3) is 0.385. The van der Waals surface area contributed by atoms with Crippen LogP contribution in [0.3, 0.4) is 0 Å². The molecule has 0 fully saturated rings. The maximum atomic E-state index is 10.4. The Labute approximate surface area is 120 Å². The molecule has 0 amide bonds. The van der Waals surface area contributed by atoms with Gasteiger partial charge < -0.3 is 10.4 Å². The second kappa shape index (κ2) is 5.72. The topological polar surface area (TPSA) is 32.3 Å². The summed E-state index contributed by atoms with van der Waals surface area (Å²) in [5.41, 5.74) is -0.830. The van der Waals surface area contributed by atoms with Gasteiger partial charge in [0.15, 0.2) is 0 Å². The summed E-state index contributed by atoms with van der Waals surface area (Å²) in [6.45, 7) is 4.43. The molecule has 0 aliphatic carbocycles. The van der Waals surface area contributed by atoms with Crippen LogP contribution in [-0.4, -0.2) is 11.7 Å². The van der Waals surface area contributed by atoms with Crippen molar-refractivity contribution in [3.8, 4) is 0 Å². The molecule has 5 heteroatoms. The molecule has 2 nitrogen and oxygen atoms in total. The van der Waals surface area contributed by atoms with Crippen LogP contribution in [0.5, 0.6) is 0 Å². The molecule has 2 rings (SSSR count). The first-order valence-corrected chi connectivity index (χ1v) is 7.81. The lowest BCUT2D eigenvalue weighted by molar-refractivity contribution is 0.0582. The Kier molecular flexibility index (Phi) is 4.45. The van der Waals surface area contributed by atoms with Gasteiger partial charge in [-0.3, -0.25) is 0 Å². The summed E-state index contributed by atoms with van der Waals surface area (Å²) in [5, 5.41) is 15.7. The highest BCUT2D eigenvalue weighted by molar-refractivity contribution is 7.16. The quantitative estimate of drug-likeness (QED) is 0.874. The van der Waals surface area contributed by atoms with E-state index in [1.54, 1.807) is 22.7 Å². The molecule has 2 aromatic heterocycles. The Bertz CT molecular complexity index is 493. The molecule has 0 saturated carbocycles. The number of hydrogen-bond acceptors (Lipinski definition) is 4. The molecule has 0 saturated heterocycles. The lowest BCUT2D eigenvalue weighted by Gasteiger charge is -2.24. The highest BCUT2D eigenvalue weighted by Gasteiger charge is 2.24. The number of thiophene rings is 2. The molecule has 2 heterocycles. The lowest BCUT2D eigenvalue weighted by atomic mass is 10.0. The van der Waals surface area contributed by atoms with Crippen molar-refractivity contribution in [3.63, 3.8) is 0 Å². The first-order chi connectivity index (χ1) is 8.49. The smallest absolute Gasteiger partial charge is 0.108 e. The molecule has 0 aliphatic rings. The van der Waals surface area contributed by atoms with Gasteiger partial charge in [-0.1, -0.05) is 17.7 Å². The van der Waals surface area contributed by atoms with Crippen molar-refractivity contribution in [2.45, 2.75) is 25.5 Å². The minimum Gasteiger partial charge on any atom is -0.383 e. The number of aliphatic hydroxyl groups is 1. The van der Waals surface area contributed by atoms with Crippen LogP contribution in [0.25, 0.3) is 0 Å². The van der Waals surface area contributed by atoms with Crippen LogP contribution in [0.1, 0.15) is 29.6 Å².